The van der Waals surface area contributed by atoms with Gasteiger partial charge in [-0.25, -0.2) is 4.39 Å². The van der Waals surface area contributed by atoms with Crippen LogP contribution >= 0.6 is 24.0 Å². The van der Waals surface area contributed by atoms with E-state index in [0.29, 0.717) is 32.0 Å². The summed E-state index contributed by atoms with van der Waals surface area (Å²) in [5, 5.41) is 0. The van der Waals surface area contributed by atoms with Gasteiger partial charge in [0.2, 0.25) is 0 Å². The van der Waals surface area contributed by atoms with E-state index in [1.165, 1.54) is 35.9 Å². The van der Waals surface area contributed by atoms with E-state index in [1.807, 2.05) is 0 Å². The lowest BCUT2D eigenvalue weighted by Gasteiger charge is -2.18. The van der Waals surface area contributed by atoms with Gasteiger partial charge < -0.3 is 9.47 Å². The van der Waals surface area contributed by atoms with E-state index >= 15 is 0 Å². The topological polar surface area (TPSA) is 38.8 Å². The summed E-state index contributed by atoms with van der Waals surface area (Å²) in [6, 6.07) is 11.2. The maximum Gasteiger partial charge on any atom is 0.270 e. The van der Waals surface area contributed by atoms with Crippen molar-refractivity contribution in [2.45, 2.75) is 0 Å². The number of carbonyl (C=O) groups is 1. The number of carbonyl (C=O) groups excluding carboxylic acids is 1. The molecule has 4 nitrogen and oxygen atoms in total. The summed E-state index contributed by atoms with van der Waals surface area (Å²) < 4.78 is 24.3. The lowest BCUT2D eigenvalue weighted by Crippen LogP contribution is -2.27. The molecule has 1 amide bonds. The fourth-order valence-corrected chi connectivity index (χ4v) is 3.68. The summed E-state index contributed by atoms with van der Waals surface area (Å²) in [5.74, 6) is 0.452. The minimum Gasteiger partial charge on any atom is -0.497 e. The normalized spacial score (nSPS) is 15.8. The third kappa shape index (κ3) is 3.52. The number of rotatable bonds is 4. The van der Waals surface area contributed by atoms with Crippen LogP contribution in [0.1, 0.15) is 5.56 Å². The van der Waals surface area contributed by atoms with Crippen molar-refractivity contribution < 1.29 is 18.7 Å². The van der Waals surface area contributed by atoms with Crippen molar-refractivity contribution >= 4 is 46.0 Å². The molecule has 128 valence electrons. The number of hydrogen-bond donors (Lipinski definition) is 0. The van der Waals surface area contributed by atoms with Crippen molar-refractivity contribution in [2.75, 3.05) is 19.1 Å². The van der Waals surface area contributed by atoms with Gasteiger partial charge in [-0.1, -0.05) is 36.1 Å². The van der Waals surface area contributed by atoms with Crippen LogP contribution in [0.4, 0.5) is 10.1 Å². The van der Waals surface area contributed by atoms with Crippen LogP contribution in [0.2, 0.25) is 0 Å². The van der Waals surface area contributed by atoms with Crippen LogP contribution in [0.25, 0.3) is 6.08 Å². The van der Waals surface area contributed by atoms with Crippen LogP contribution in [0.3, 0.4) is 0 Å². The van der Waals surface area contributed by atoms with Crippen LogP contribution in [0.5, 0.6) is 11.5 Å². The van der Waals surface area contributed by atoms with Gasteiger partial charge in [0.15, 0.2) is 4.32 Å². The SMILES string of the molecule is COc1ccc(N2C(=O)C(=Cc3cccc(F)c3)SC2=S)c(OC)c1. The summed E-state index contributed by atoms with van der Waals surface area (Å²) in [5.41, 5.74) is 1.13. The number of thiocarbonyl (C=S) groups is 1. The van der Waals surface area contributed by atoms with Gasteiger partial charge >= 0.3 is 0 Å². The highest BCUT2D eigenvalue weighted by Crippen LogP contribution is 2.41. The van der Waals surface area contributed by atoms with Crippen LogP contribution in [-0.2, 0) is 4.79 Å². The summed E-state index contributed by atoms with van der Waals surface area (Å²) in [7, 11) is 3.06. The van der Waals surface area contributed by atoms with Gasteiger partial charge in [0, 0.05) is 6.07 Å². The largest absolute Gasteiger partial charge is 0.497 e. The minimum atomic E-state index is -0.360. The second-order valence-corrected chi connectivity index (χ2v) is 6.79. The van der Waals surface area contributed by atoms with Gasteiger partial charge in [0.05, 0.1) is 24.8 Å². The first-order chi connectivity index (χ1) is 12.0. The van der Waals surface area contributed by atoms with Gasteiger partial charge in [-0.2, -0.15) is 0 Å². The molecule has 7 heteroatoms. The monoisotopic (exact) mass is 375 g/mol. The molecule has 0 spiro atoms. The van der Waals surface area contributed by atoms with Gasteiger partial charge in [-0.3, -0.25) is 9.69 Å². The molecule has 2 aromatic carbocycles. The number of anilines is 1. The lowest BCUT2D eigenvalue weighted by atomic mass is 10.2. The molecule has 0 atom stereocenters. The summed E-state index contributed by atoms with van der Waals surface area (Å²) in [6.45, 7) is 0. The van der Waals surface area contributed by atoms with E-state index in [4.69, 9.17) is 21.7 Å². The molecule has 1 fully saturated rings. The molecule has 1 saturated heterocycles. The van der Waals surface area contributed by atoms with E-state index in [-0.39, 0.29) is 11.7 Å². The van der Waals surface area contributed by atoms with Crippen molar-refractivity contribution in [2.24, 2.45) is 0 Å². The third-order valence-corrected chi connectivity index (χ3v) is 4.87. The molecule has 0 N–H and O–H groups in total. The first-order valence-corrected chi connectivity index (χ1v) is 8.51. The smallest absolute Gasteiger partial charge is 0.270 e. The number of ether oxygens (including phenoxy) is 2. The average molecular weight is 375 g/mol. The van der Waals surface area contributed by atoms with Gasteiger partial charge in [-0.15, -0.1) is 0 Å². The van der Waals surface area contributed by atoms with Gasteiger partial charge in [0.1, 0.15) is 17.3 Å². The molecule has 0 aromatic heterocycles. The summed E-state index contributed by atoms with van der Waals surface area (Å²) in [4.78, 5) is 14.6. The van der Waals surface area contributed by atoms with Crippen molar-refractivity contribution in [1.29, 1.82) is 0 Å². The first-order valence-electron chi connectivity index (χ1n) is 7.29. The molecule has 1 aliphatic heterocycles. The summed E-state index contributed by atoms with van der Waals surface area (Å²) in [6.07, 6.45) is 1.62. The Balaban J connectivity index is 1.97. The Morgan fingerprint density at radius 3 is 2.64 bits per heavy atom. The Bertz CT molecular complexity index is 882. The zero-order chi connectivity index (χ0) is 18.0. The molecule has 2 aromatic rings. The zero-order valence-electron chi connectivity index (χ0n) is 13.5. The zero-order valence-corrected chi connectivity index (χ0v) is 15.1. The molecule has 0 radical (unpaired) electrons. The Hall–Kier alpha value is -2.38. The molecule has 0 bridgehead atoms. The second kappa shape index (κ2) is 7.25. The Labute approximate surface area is 154 Å². The lowest BCUT2D eigenvalue weighted by molar-refractivity contribution is -0.113. The van der Waals surface area contributed by atoms with Crippen molar-refractivity contribution in [3.8, 4) is 11.5 Å². The van der Waals surface area contributed by atoms with E-state index in [0.717, 1.165) is 0 Å². The maximum atomic E-state index is 13.3. The highest BCUT2D eigenvalue weighted by atomic mass is 32.2. The fourth-order valence-electron chi connectivity index (χ4n) is 2.39. The van der Waals surface area contributed by atoms with Gasteiger partial charge in [0.25, 0.3) is 5.91 Å². The maximum absolute atomic E-state index is 13.3. The number of thioether (sulfide) groups is 1. The number of methoxy groups -OCH3 is 2. The second-order valence-electron chi connectivity index (χ2n) is 5.11. The molecule has 1 heterocycles. The van der Waals surface area contributed by atoms with E-state index in [1.54, 1.807) is 43.5 Å². The molecule has 0 aliphatic carbocycles. The molecular formula is C18H14FNO3S2. The van der Waals surface area contributed by atoms with E-state index in [9.17, 15) is 9.18 Å². The van der Waals surface area contributed by atoms with E-state index < -0.39 is 0 Å². The predicted molar refractivity (Wildman–Crippen MR) is 102 cm³/mol. The number of benzene rings is 2. The van der Waals surface area contributed by atoms with Crippen LogP contribution < -0.4 is 14.4 Å². The van der Waals surface area contributed by atoms with Crippen LogP contribution in [0, 0.1) is 5.82 Å². The Morgan fingerprint density at radius 1 is 1.16 bits per heavy atom. The first kappa shape index (κ1) is 17.4. The Morgan fingerprint density at radius 2 is 1.96 bits per heavy atom. The summed E-state index contributed by atoms with van der Waals surface area (Å²) >= 11 is 6.52. The molecule has 0 unspecified atom stereocenters. The predicted octanol–water partition coefficient (Wildman–Crippen LogP) is 4.25. The fraction of sp³-hybridized carbons (Fsp3) is 0.111. The standard InChI is InChI=1S/C18H14FNO3S2/c1-22-13-6-7-14(15(10-13)23-2)20-17(21)16(25-18(20)24)9-11-4-3-5-12(19)8-11/h3-10H,1-2H3. The molecule has 0 saturated carbocycles. The highest BCUT2D eigenvalue weighted by Gasteiger charge is 2.35. The van der Waals surface area contributed by atoms with Crippen LogP contribution in [0.15, 0.2) is 47.4 Å². The molecular weight excluding hydrogens is 361 g/mol. The van der Waals surface area contributed by atoms with Crippen molar-refractivity contribution in [3.05, 3.63) is 58.8 Å². The van der Waals surface area contributed by atoms with Crippen molar-refractivity contribution in [3.63, 3.8) is 0 Å². The van der Waals surface area contributed by atoms with E-state index in [2.05, 4.69) is 0 Å². The Kier molecular flexibility index (Phi) is 5.06. The average Bonchev–Trinajstić information content (AvgIpc) is 2.88. The number of halogens is 1. The third-order valence-electron chi connectivity index (χ3n) is 3.57. The van der Waals surface area contributed by atoms with Crippen molar-refractivity contribution in [1.82, 2.24) is 0 Å². The molecule has 3 rings (SSSR count). The molecule has 25 heavy (non-hydrogen) atoms. The molecule has 1 aliphatic rings. The highest BCUT2D eigenvalue weighted by molar-refractivity contribution is 8.27. The number of nitrogens with zero attached hydrogens (tertiary/aromatic N) is 1. The number of amides is 1. The quantitative estimate of drug-likeness (QED) is 0.590. The minimum absolute atomic E-state index is 0.275. The number of hydrogen-bond acceptors (Lipinski definition) is 5. The van der Waals surface area contributed by atoms with Crippen LogP contribution in [-0.4, -0.2) is 24.4 Å². The van der Waals surface area contributed by atoms with Gasteiger partial charge in [-0.05, 0) is 35.9 Å².